The van der Waals surface area contributed by atoms with Crippen LogP contribution < -0.4 is 0 Å². The zero-order chi connectivity index (χ0) is 8.73. The number of fused-ring (bicyclic) bond motifs is 1. The van der Waals surface area contributed by atoms with Gasteiger partial charge in [-0.3, -0.25) is 4.99 Å². The van der Waals surface area contributed by atoms with E-state index in [2.05, 4.69) is 41.5 Å². The quantitative estimate of drug-likeness (QED) is 0.565. The first kappa shape index (κ1) is 7.07. The van der Waals surface area contributed by atoms with Gasteiger partial charge in [0, 0.05) is 17.8 Å². The molecule has 0 aromatic heterocycles. The van der Waals surface area contributed by atoms with Crippen molar-refractivity contribution in [1.82, 2.24) is 0 Å². The van der Waals surface area contributed by atoms with E-state index in [0.29, 0.717) is 0 Å². The number of nitrogens with zero attached hydrogens (tertiary/aromatic N) is 1. The summed E-state index contributed by atoms with van der Waals surface area (Å²) < 4.78 is 0. The van der Waals surface area contributed by atoms with Crippen LogP contribution in [-0.2, 0) is 12.8 Å². The first-order chi connectivity index (χ1) is 6.38. The molecule has 0 amide bonds. The minimum Gasteiger partial charge on any atom is -0.268 e. The van der Waals surface area contributed by atoms with Crippen LogP contribution >= 0.6 is 0 Å². The largest absolute Gasteiger partial charge is 0.268 e. The fourth-order valence-electron chi connectivity index (χ4n) is 2.31. The van der Waals surface area contributed by atoms with Crippen molar-refractivity contribution in [3.8, 4) is 0 Å². The molecule has 1 heteroatoms. The highest BCUT2D eigenvalue weighted by Crippen LogP contribution is 2.38. The van der Waals surface area contributed by atoms with Crippen LogP contribution in [0.15, 0.2) is 41.5 Å². The van der Waals surface area contributed by atoms with Gasteiger partial charge in [-0.1, -0.05) is 30.3 Å². The second-order valence-electron chi connectivity index (χ2n) is 3.95. The molecule has 1 aliphatic carbocycles. The molecular weight excluding hydrogens is 158 g/mol. The van der Waals surface area contributed by atoms with Gasteiger partial charge in [0.15, 0.2) is 0 Å². The summed E-state index contributed by atoms with van der Waals surface area (Å²) in [6.07, 6.45) is 8.50. The van der Waals surface area contributed by atoms with Gasteiger partial charge in [-0.05, 0) is 24.0 Å². The van der Waals surface area contributed by atoms with E-state index in [4.69, 9.17) is 0 Å². The maximum absolute atomic E-state index is 4.20. The fourth-order valence-corrected chi connectivity index (χ4v) is 2.31. The number of hydrogen-bond acceptors (Lipinski definition) is 1. The van der Waals surface area contributed by atoms with Crippen molar-refractivity contribution >= 4 is 6.21 Å². The topological polar surface area (TPSA) is 12.4 Å². The maximum atomic E-state index is 4.20. The lowest BCUT2D eigenvalue weighted by molar-refractivity contribution is 0.595. The van der Waals surface area contributed by atoms with Crippen LogP contribution in [0.25, 0.3) is 0 Å². The zero-order valence-electron chi connectivity index (χ0n) is 7.40. The number of allylic oxidation sites excluding steroid dienone is 1. The number of aliphatic imine (C=N–C) groups is 1. The van der Waals surface area contributed by atoms with Gasteiger partial charge in [-0.15, -0.1) is 0 Å². The molecule has 64 valence electrons. The highest BCUT2D eigenvalue weighted by Gasteiger charge is 2.34. The van der Waals surface area contributed by atoms with Crippen molar-refractivity contribution < 1.29 is 0 Å². The van der Waals surface area contributed by atoms with Crippen LogP contribution in [0.2, 0.25) is 0 Å². The van der Waals surface area contributed by atoms with Crippen LogP contribution in [0.3, 0.4) is 0 Å². The van der Waals surface area contributed by atoms with Crippen LogP contribution in [0.4, 0.5) is 0 Å². The van der Waals surface area contributed by atoms with E-state index >= 15 is 0 Å². The number of hydrogen-bond donors (Lipinski definition) is 0. The standard InChI is InChI=1S/C12H11N/c1-2-4-11-8-12(5-6-13-9-12)7-10(11)3-1/h1-6,9H,7-8H2. The van der Waals surface area contributed by atoms with Gasteiger partial charge >= 0.3 is 0 Å². The molecule has 2 aliphatic rings. The average molecular weight is 169 g/mol. The molecule has 1 aromatic carbocycles. The number of benzene rings is 1. The lowest BCUT2D eigenvalue weighted by atomic mass is 9.87. The van der Waals surface area contributed by atoms with Gasteiger partial charge in [-0.2, -0.15) is 0 Å². The highest BCUT2D eigenvalue weighted by atomic mass is 14.7. The first-order valence-corrected chi connectivity index (χ1v) is 4.67. The Morgan fingerprint density at radius 2 is 1.77 bits per heavy atom. The third kappa shape index (κ3) is 0.966. The van der Waals surface area contributed by atoms with E-state index in [1.807, 2.05) is 6.20 Å². The maximum Gasteiger partial charge on any atom is 0.0334 e. The third-order valence-electron chi connectivity index (χ3n) is 2.98. The third-order valence-corrected chi connectivity index (χ3v) is 2.98. The Kier molecular flexibility index (Phi) is 1.26. The molecule has 0 fully saturated rings. The normalized spacial score (nSPS) is 21.2. The molecule has 0 radical (unpaired) electrons. The van der Waals surface area contributed by atoms with Gasteiger partial charge in [-0.25, -0.2) is 0 Å². The molecular formula is C12H11N. The van der Waals surface area contributed by atoms with E-state index in [0.717, 1.165) is 12.8 Å². The SMILES string of the molecule is C1=CC2(C=N1)Cc1ccccc1C2. The van der Waals surface area contributed by atoms with Gasteiger partial charge in [0.25, 0.3) is 0 Å². The van der Waals surface area contributed by atoms with E-state index in [9.17, 15) is 0 Å². The van der Waals surface area contributed by atoms with Crippen molar-refractivity contribution in [2.75, 3.05) is 0 Å². The Hall–Kier alpha value is -1.37. The predicted molar refractivity (Wildman–Crippen MR) is 53.9 cm³/mol. The Balaban J connectivity index is 2.06. The second-order valence-corrected chi connectivity index (χ2v) is 3.95. The Morgan fingerprint density at radius 3 is 2.31 bits per heavy atom. The van der Waals surface area contributed by atoms with Crippen molar-refractivity contribution in [3.05, 3.63) is 47.7 Å². The lowest BCUT2D eigenvalue weighted by Crippen LogP contribution is -2.17. The van der Waals surface area contributed by atoms with Crippen LogP contribution in [0.5, 0.6) is 0 Å². The summed E-state index contributed by atoms with van der Waals surface area (Å²) in [5, 5.41) is 0. The summed E-state index contributed by atoms with van der Waals surface area (Å²) in [4.78, 5) is 4.20. The molecule has 0 saturated heterocycles. The number of rotatable bonds is 0. The van der Waals surface area contributed by atoms with Crippen LogP contribution in [0, 0.1) is 5.41 Å². The summed E-state index contributed by atoms with van der Waals surface area (Å²) >= 11 is 0. The summed E-state index contributed by atoms with van der Waals surface area (Å²) in [5.41, 5.74) is 3.20. The molecule has 1 aliphatic heterocycles. The smallest absolute Gasteiger partial charge is 0.0334 e. The summed E-state index contributed by atoms with van der Waals surface area (Å²) in [6.45, 7) is 0. The molecule has 1 aromatic rings. The van der Waals surface area contributed by atoms with Gasteiger partial charge in [0.05, 0.1) is 0 Å². The predicted octanol–water partition coefficient (Wildman–Crippen LogP) is 2.37. The molecule has 3 rings (SSSR count). The molecule has 0 bridgehead atoms. The molecule has 0 unspecified atom stereocenters. The molecule has 1 spiro atoms. The van der Waals surface area contributed by atoms with Crippen molar-refractivity contribution in [2.24, 2.45) is 10.4 Å². The summed E-state index contributed by atoms with van der Waals surface area (Å²) in [7, 11) is 0. The van der Waals surface area contributed by atoms with E-state index < -0.39 is 0 Å². The summed E-state index contributed by atoms with van der Waals surface area (Å²) in [5.74, 6) is 0. The zero-order valence-corrected chi connectivity index (χ0v) is 7.40. The van der Waals surface area contributed by atoms with E-state index in [1.54, 1.807) is 0 Å². The molecule has 1 nitrogen and oxygen atoms in total. The first-order valence-electron chi connectivity index (χ1n) is 4.67. The van der Waals surface area contributed by atoms with E-state index in [-0.39, 0.29) is 5.41 Å². The fraction of sp³-hybridized carbons (Fsp3) is 0.250. The molecule has 1 heterocycles. The van der Waals surface area contributed by atoms with Gasteiger partial charge in [0.2, 0.25) is 0 Å². The van der Waals surface area contributed by atoms with E-state index in [1.165, 1.54) is 11.1 Å². The van der Waals surface area contributed by atoms with Crippen LogP contribution in [-0.4, -0.2) is 6.21 Å². The summed E-state index contributed by atoms with van der Waals surface area (Å²) in [6, 6.07) is 8.69. The molecule has 0 N–H and O–H groups in total. The molecule has 13 heavy (non-hydrogen) atoms. The van der Waals surface area contributed by atoms with Gasteiger partial charge < -0.3 is 0 Å². The van der Waals surface area contributed by atoms with Crippen LogP contribution in [0.1, 0.15) is 11.1 Å². The lowest BCUT2D eigenvalue weighted by Gasteiger charge is -2.14. The minimum absolute atomic E-state index is 0.226. The highest BCUT2D eigenvalue weighted by molar-refractivity contribution is 5.75. The molecule has 0 saturated carbocycles. The Bertz CT molecular complexity index is 362. The van der Waals surface area contributed by atoms with Crippen molar-refractivity contribution in [2.45, 2.75) is 12.8 Å². The molecule has 0 atom stereocenters. The van der Waals surface area contributed by atoms with Crippen molar-refractivity contribution in [3.63, 3.8) is 0 Å². The second kappa shape index (κ2) is 2.32. The Labute approximate surface area is 77.8 Å². The van der Waals surface area contributed by atoms with Gasteiger partial charge in [0.1, 0.15) is 0 Å². The minimum atomic E-state index is 0.226. The van der Waals surface area contributed by atoms with Crippen molar-refractivity contribution in [1.29, 1.82) is 0 Å². The Morgan fingerprint density at radius 1 is 1.08 bits per heavy atom. The average Bonchev–Trinajstić information content (AvgIpc) is 2.72. The monoisotopic (exact) mass is 169 g/mol.